The van der Waals surface area contributed by atoms with Crippen molar-refractivity contribution in [1.29, 1.82) is 0 Å². The number of hydrogen-bond donors (Lipinski definition) is 1. The molecule has 0 amide bonds. The van der Waals surface area contributed by atoms with Crippen LogP contribution in [0.4, 0.5) is 5.82 Å². The summed E-state index contributed by atoms with van der Waals surface area (Å²) in [6, 6.07) is 4.93. The zero-order valence-electron chi connectivity index (χ0n) is 12.1. The molecule has 0 bridgehead atoms. The van der Waals surface area contributed by atoms with E-state index in [-0.39, 0.29) is 0 Å². The Morgan fingerprint density at radius 3 is 2.58 bits per heavy atom. The van der Waals surface area contributed by atoms with E-state index in [2.05, 4.69) is 41.2 Å². The molecule has 1 aliphatic carbocycles. The predicted octanol–water partition coefficient (Wildman–Crippen LogP) is 2.82. The monoisotopic (exact) mass is 259 g/mol. The van der Waals surface area contributed by atoms with Gasteiger partial charge in [-0.05, 0) is 36.3 Å². The third-order valence-electron chi connectivity index (χ3n) is 4.57. The third kappa shape index (κ3) is 2.92. The number of hydrogen-bond acceptors (Lipinski definition) is 3. The van der Waals surface area contributed by atoms with Gasteiger partial charge in [0.25, 0.3) is 0 Å². The SMILES string of the molecule is CC(C)NCc1ccc(N2CC3CCCC3C2)nc1. The second kappa shape index (κ2) is 5.49. The van der Waals surface area contributed by atoms with Crippen molar-refractivity contribution in [3.63, 3.8) is 0 Å². The fraction of sp³-hybridized carbons (Fsp3) is 0.688. The molecule has 104 valence electrons. The molecule has 19 heavy (non-hydrogen) atoms. The molecular weight excluding hydrogens is 234 g/mol. The number of rotatable bonds is 4. The molecule has 2 unspecified atom stereocenters. The maximum absolute atomic E-state index is 4.65. The van der Waals surface area contributed by atoms with E-state index in [0.717, 1.165) is 18.4 Å². The van der Waals surface area contributed by atoms with Crippen LogP contribution < -0.4 is 10.2 Å². The number of fused-ring (bicyclic) bond motifs is 1. The van der Waals surface area contributed by atoms with E-state index in [4.69, 9.17) is 0 Å². The van der Waals surface area contributed by atoms with Crippen LogP contribution >= 0.6 is 0 Å². The minimum Gasteiger partial charge on any atom is -0.356 e. The highest BCUT2D eigenvalue weighted by molar-refractivity contribution is 5.41. The van der Waals surface area contributed by atoms with Crippen molar-refractivity contribution in [3.8, 4) is 0 Å². The van der Waals surface area contributed by atoms with Gasteiger partial charge in [-0.25, -0.2) is 4.98 Å². The minimum atomic E-state index is 0.526. The number of aromatic nitrogens is 1. The largest absolute Gasteiger partial charge is 0.356 e. The quantitative estimate of drug-likeness (QED) is 0.901. The summed E-state index contributed by atoms with van der Waals surface area (Å²) in [6.45, 7) is 7.70. The molecule has 0 spiro atoms. The first-order valence-corrected chi connectivity index (χ1v) is 7.65. The van der Waals surface area contributed by atoms with Crippen LogP contribution in [0.15, 0.2) is 18.3 Å². The lowest BCUT2D eigenvalue weighted by Crippen LogP contribution is -2.23. The van der Waals surface area contributed by atoms with Crippen molar-refractivity contribution in [2.24, 2.45) is 11.8 Å². The topological polar surface area (TPSA) is 28.2 Å². The first-order valence-electron chi connectivity index (χ1n) is 7.65. The zero-order chi connectivity index (χ0) is 13.2. The maximum atomic E-state index is 4.65. The molecule has 1 N–H and O–H groups in total. The smallest absolute Gasteiger partial charge is 0.128 e. The van der Waals surface area contributed by atoms with Crippen molar-refractivity contribution >= 4 is 5.82 Å². The first-order chi connectivity index (χ1) is 9.22. The van der Waals surface area contributed by atoms with Gasteiger partial charge in [0.1, 0.15) is 5.82 Å². The fourth-order valence-corrected chi connectivity index (χ4v) is 3.45. The molecule has 3 heteroatoms. The van der Waals surface area contributed by atoms with Crippen molar-refractivity contribution in [2.75, 3.05) is 18.0 Å². The number of nitrogens with zero attached hydrogens (tertiary/aromatic N) is 2. The van der Waals surface area contributed by atoms with E-state index in [1.165, 1.54) is 43.7 Å². The Hall–Kier alpha value is -1.09. The summed E-state index contributed by atoms with van der Waals surface area (Å²) in [6.07, 6.45) is 6.32. The molecule has 1 aliphatic heterocycles. The third-order valence-corrected chi connectivity index (χ3v) is 4.57. The normalized spacial score (nSPS) is 26.2. The van der Waals surface area contributed by atoms with Crippen LogP contribution in [0.3, 0.4) is 0 Å². The van der Waals surface area contributed by atoms with Gasteiger partial charge in [0.2, 0.25) is 0 Å². The highest BCUT2D eigenvalue weighted by atomic mass is 15.2. The van der Waals surface area contributed by atoms with E-state index in [0.29, 0.717) is 6.04 Å². The Morgan fingerprint density at radius 1 is 1.26 bits per heavy atom. The molecular formula is C16H25N3. The van der Waals surface area contributed by atoms with Gasteiger partial charge in [-0.3, -0.25) is 0 Å². The molecule has 1 aromatic heterocycles. The van der Waals surface area contributed by atoms with Crippen LogP contribution in [0, 0.1) is 11.8 Å². The van der Waals surface area contributed by atoms with Gasteiger partial charge >= 0.3 is 0 Å². The Bertz CT molecular complexity index is 401. The van der Waals surface area contributed by atoms with E-state index in [1.54, 1.807) is 0 Å². The second-order valence-electron chi connectivity index (χ2n) is 6.42. The highest BCUT2D eigenvalue weighted by Crippen LogP contribution is 2.38. The Labute approximate surface area is 116 Å². The van der Waals surface area contributed by atoms with Crippen LogP contribution in [-0.2, 0) is 6.54 Å². The number of anilines is 1. The van der Waals surface area contributed by atoms with Gasteiger partial charge in [-0.2, -0.15) is 0 Å². The van der Waals surface area contributed by atoms with E-state index in [9.17, 15) is 0 Å². The average Bonchev–Trinajstić information content (AvgIpc) is 2.97. The van der Waals surface area contributed by atoms with Crippen LogP contribution in [0.2, 0.25) is 0 Å². The number of pyridine rings is 1. The maximum Gasteiger partial charge on any atom is 0.128 e. The summed E-state index contributed by atoms with van der Waals surface area (Å²) >= 11 is 0. The molecule has 3 nitrogen and oxygen atoms in total. The van der Waals surface area contributed by atoms with Gasteiger partial charge in [0.05, 0.1) is 0 Å². The molecule has 2 fully saturated rings. The predicted molar refractivity (Wildman–Crippen MR) is 79.3 cm³/mol. The van der Waals surface area contributed by atoms with Crippen molar-refractivity contribution in [3.05, 3.63) is 23.9 Å². The van der Waals surface area contributed by atoms with Gasteiger partial charge in [-0.1, -0.05) is 26.3 Å². The molecule has 1 saturated heterocycles. The summed E-state index contributed by atoms with van der Waals surface area (Å²) in [7, 11) is 0. The molecule has 1 saturated carbocycles. The van der Waals surface area contributed by atoms with Gasteiger partial charge in [-0.15, -0.1) is 0 Å². The van der Waals surface area contributed by atoms with Gasteiger partial charge in [0.15, 0.2) is 0 Å². The van der Waals surface area contributed by atoms with Crippen molar-refractivity contribution in [1.82, 2.24) is 10.3 Å². The molecule has 3 rings (SSSR count). The summed E-state index contributed by atoms with van der Waals surface area (Å²) in [5.74, 6) is 3.04. The molecule has 0 radical (unpaired) electrons. The van der Waals surface area contributed by atoms with Gasteiger partial charge in [0, 0.05) is 31.9 Å². The molecule has 2 atom stereocenters. The highest BCUT2D eigenvalue weighted by Gasteiger charge is 2.36. The summed E-state index contributed by atoms with van der Waals surface area (Å²) in [5, 5.41) is 3.43. The lowest BCUT2D eigenvalue weighted by atomic mass is 10.0. The van der Waals surface area contributed by atoms with Crippen molar-refractivity contribution in [2.45, 2.75) is 45.7 Å². The molecule has 2 aliphatic rings. The Balaban J connectivity index is 1.60. The van der Waals surface area contributed by atoms with Crippen molar-refractivity contribution < 1.29 is 0 Å². The van der Waals surface area contributed by atoms with Crippen LogP contribution in [0.5, 0.6) is 0 Å². The van der Waals surface area contributed by atoms with E-state index < -0.39 is 0 Å². The van der Waals surface area contributed by atoms with Crippen LogP contribution in [-0.4, -0.2) is 24.1 Å². The standard InChI is InChI=1S/C16H25N3/c1-12(2)17-8-13-6-7-16(18-9-13)19-10-14-4-3-5-15(14)11-19/h6-7,9,12,14-15,17H,3-5,8,10-11H2,1-2H3. The zero-order valence-corrected chi connectivity index (χ0v) is 12.1. The average molecular weight is 259 g/mol. The van der Waals surface area contributed by atoms with Gasteiger partial charge < -0.3 is 10.2 Å². The fourth-order valence-electron chi connectivity index (χ4n) is 3.45. The number of nitrogens with one attached hydrogen (secondary N) is 1. The molecule has 0 aromatic carbocycles. The summed E-state index contributed by atoms with van der Waals surface area (Å²) in [5.41, 5.74) is 1.27. The summed E-state index contributed by atoms with van der Waals surface area (Å²) in [4.78, 5) is 7.13. The lowest BCUT2D eigenvalue weighted by Gasteiger charge is -2.18. The Morgan fingerprint density at radius 2 is 2.00 bits per heavy atom. The van der Waals surface area contributed by atoms with Crippen LogP contribution in [0.1, 0.15) is 38.7 Å². The minimum absolute atomic E-state index is 0.526. The summed E-state index contributed by atoms with van der Waals surface area (Å²) < 4.78 is 0. The van der Waals surface area contributed by atoms with Crippen LogP contribution in [0.25, 0.3) is 0 Å². The van der Waals surface area contributed by atoms with E-state index in [1.807, 2.05) is 6.20 Å². The first kappa shape index (κ1) is 12.9. The van der Waals surface area contributed by atoms with E-state index >= 15 is 0 Å². The second-order valence-corrected chi connectivity index (χ2v) is 6.42. The molecule has 2 heterocycles. The Kier molecular flexibility index (Phi) is 3.74. The molecule has 1 aromatic rings. The lowest BCUT2D eigenvalue weighted by molar-refractivity contribution is 0.494.